The van der Waals surface area contributed by atoms with E-state index in [1.54, 1.807) is 0 Å². The summed E-state index contributed by atoms with van der Waals surface area (Å²) in [5.41, 5.74) is 0. The number of hydrogen-bond donors (Lipinski definition) is 1. The summed E-state index contributed by atoms with van der Waals surface area (Å²) in [5, 5.41) is 8.72. The zero-order valence-corrected chi connectivity index (χ0v) is 9.62. The molecule has 14 heavy (non-hydrogen) atoms. The van der Waals surface area contributed by atoms with Crippen molar-refractivity contribution < 1.29 is 18.3 Å². The molecule has 0 unspecified atom stereocenters. The second-order valence-electron chi connectivity index (χ2n) is 2.91. The monoisotopic (exact) mass is 226 g/mol. The Labute approximate surface area is 85.3 Å². The first-order chi connectivity index (χ1) is 6.46. The van der Waals surface area contributed by atoms with Gasteiger partial charge in [-0.15, -0.1) is 0 Å². The van der Waals surface area contributed by atoms with Crippen LogP contribution in [0.2, 0.25) is 0 Å². The molecule has 0 bridgehead atoms. The van der Waals surface area contributed by atoms with Gasteiger partial charge in [-0.25, -0.2) is 0 Å². The third kappa shape index (κ3) is 3.89. The fourth-order valence-electron chi connectivity index (χ4n) is 0.878. The van der Waals surface area contributed by atoms with Crippen LogP contribution in [0, 0.1) is 0 Å². The Hall–Kier alpha value is -0.210. The van der Waals surface area contributed by atoms with E-state index in [1.165, 1.54) is 25.5 Å². The van der Waals surface area contributed by atoms with Crippen LogP contribution in [0.4, 0.5) is 0 Å². The first-order valence-corrected chi connectivity index (χ1v) is 5.64. The summed E-state index contributed by atoms with van der Waals surface area (Å²) in [6.07, 6.45) is 0. The lowest BCUT2D eigenvalue weighted by Gasteiger charge is -2.24. The third-order valence-corrected chi connectivity index (χ3v) is 3.62. The first kappa shape index (κ1) is 13.8. The predicted molar refractivity (Wildman–Crippen MR) is 53.1 cm³/mol. The minimum Gasteiger partial charge on any atom is -0.395 e. The fourth-order valence-corrected chi connectivity index (χ4v) is 1.96. The predicted octanol–water partition coefficient (Wildman–Crippen LogP) is -1.27. The molecular formula is C7H18N2O4S. The van der Waals surface area contributed by atoms with Crippen molar-refractivity contribution in [2.45, 2.75) is 0 Å². The molecule has 0 aliphatic rings. The summed E-state index contributed by atoms with van der Waals surface area (Å²) >= 11 is 0. The van der Waals surface area contributed by atoms with E-state index < -0.39 is 10.2 Å². The van der Waals surface area contributed by atoms with Gasteiger partial charge in [0.2, 0.25) is 0 Å². The molecule has 86 valence electrons. The molecule has 0 saturated heterocycles. The van der Waals surface area contributed by atoms with Crippen LogP contribution in [0.3, 0.4) is 0 Å². The van der Waals surface area contributed by atoms with Crippen molar-refractivity contribution in [1.82, 2.24) is 8.61 Å². The van der Waals surface area contributed by atoms with E-state index in [9.17, 15) is 8.42 Å². The van der Waals surface area contributed by atoms with Crippen LogP contribution in [-0.4, -0.2) is 69.6 Å². The average molecular weight is 226 g/mol. The van der Waals surface area contributed by atoms with Gasteiger partial charge in [-0.1, -0.05) is 0 Å². The maximum atomic E-state index is 11.6. The Morgan fingerprint density at radius 1 is 1.29 bits per heavy atom. The van der Waals surface area contributed by atoms with E-state index in [0.717, 1.165) is 4.31 Å². The lowest BCUT2D eigenvalue weighted by atomic mass is 10.6. The highest BCUT2D eigenvalue weighted by atomic mass is 32.2. The minimum atomic E-state index is -3.45. The number of rotatable bonds is 7. The summed E-state index contributed by atoms with van der Waals surface area (Å²) in [7, 11) is 0.955. The van der Waals surface area contributed by atoms with Crippen LogP contribution in [0.25, 0.3) is 0 Å². The molecule has 0 atom stereocenters. The van der Waals surface area contributed by atoms with Crippen LogP contribution in [0.1, 0.15) is 0 Å². The normalized spacial score (nSPS) is 12.7. The van der Waals surface area contributed by atoms with Gasteiger partial charge in [-0.05, 0) is 0 Å². The summed E-state index contributed by atoms with van der Waals surface area (Å²) < 4.78 is 30.3. The van der Waals surface area contributed by atoms with Gasteiger partial charge in [-0.2, -0.15) is 17.0 Å². The molecule has 0 rings (SSSR count). The van der Waals surface area contributed by atoms with Gasteiger partial charge in [0.1, 0.15) is 0 Å². The van der Waals surface area contributed by atoms with Gasteiger partial charge in [0, 0.05) is 34.3 Å². The van der Waals surface area contributed by atoms with Crippen molar-refractivity contribution in [1.29, 1.82) is 0 Å². The van der Waals surface area contributed by atoms with Crippen LogP contribution < -0.4 is 0 Å². The maximum absolute atomic E-state index is 11.6. The molecule has 7 heteroatoms. The van der Waals surface area contributed by atoms with Gasteiger partial charge >= 0.3 is 0 Å². The van der Waals surface area contributed by atoms with E-state index in [1.807, 2.05) is 0 Å². The lowest BCUT2D eigenvalue weighted by Crippen LogP contribution is -2.43. The van der Waals surface area contributed by atoms with Gasteiger partial charge < -0.3 is 9.84 Å². The quantitative estimate of drug-likeness (QED) is 0.588. The topological polar surface area (TPSA) is 70.1 Å². The van der Waals surface area contributed by atoms with Crippen molar-refractivity contribution in [3.8, 4) is 0 Å². The van der Waals surface area contributed by atoms with Crippen molar-refractivity contribution >= 4 is 10.2 Å². The Morgan fingerprint density at radius 3 is 2.21 bits per heavy atom. The highest BCUT2D eigenvalue weighted by molar-refractivity contribution is 7.86. The molecule has 0 aromatic rings. The second-order valence-corrected chi connectivity index (χ2v) is 5.05. The van der Waals surface area contributed by atoms with Gasteiger partial charge in [-0.3, -0.25) is 0 Å². The first-order valence-electron chi connectivity index (χ1n) is 4.24. The van der Waals surface area contributed by atoms with E-state index in [0.29, 0.717) is 6.61 Å². The van der Waals surface area contributed by atoms with Crippen LogP contribution >= 0.6 is 0 Å². The van der Waals surface area contributed by atoms with E-state index in [-0.39, 0.29) is 19.7 Å². The van der Waals surface area contributed by atoms with E-state index in [2.05, 4.69) is 0 Å². The molecule has 1 N–H and O–H groups in total. The van der Waals surface area contributed by atoms with Crippen LogP contribution in [0.5, 0.6) is 0 Å². The molecule has 0 aliphatic heterocycles. The maximum Gasteiger partial charge on any atom is 0.281 e. The molecule has 6 nitrogen and oxygen atoms in total. The molecule has 0 amide bonds. The van der Waals surface area contributed by atoms with Crippen LogP contribution in [-0.2, 0) is 14.9 Å². The van der Waals surface area contributed by atoms with Crippen molar-refractivity contribution in [3.05, 3.63) is 0 Å². The highest BCUT2D eigenvalue weighted by Crippen LogP contribution is 2.03. The summed E-state index contributed by atoms with van der Waals surface area (Å²) in [4.78, 5) is 0. The molecule has 0 aliphatic carbocycles. The van der Waals surface area contributed by atoms with Gasteiger partial charge in [0.15, 0.2) is 0 Å². The third-order valence-electron chi connectivity index (χ3n) is 1.68. The molecule has 0 saturated carbocycles. The van der Waals surface area contributed by atoms with Crippen molar-refractivity contribution in [2.75, 3.05) is 47.5 Å². The standard InChI is InChI=1S/C7H18N2O4S/c1-8(2)14(11,12)9(4-6-10)5-7-13-3/h10H,4-7H2,1-3H3. The number of hydrogen-bond acceptors (Lipinski definition) is 4. The second kappa shape index (κ2) is 6.31. The molecule has 0 fully saturated rings. The molecule has 0 radical (unpaired) electrons. The highest BCUT2D eigenvalue weighted by Gasteiger charge is 2.23. The SMILES string of the molecule is COCCN(CCO)S(=O)(=O)N(C)C. The summed E-state index contributed by atoms with van der Waals surface area (Å²) in [5.74, 6) is 0. The Kier molecular flexibility index (Phi) is 6.21. The van der Waals surface area contributed by atoms with Crippen molar-refractivity contribution in [3.63, 3.8) is 0 Å². The minimum absolute atomic E-state index is 0.0872. The summed E-state index contributed by atoms with van der Waals surface area (Å²) in [6, 6.07) is 0. The molecule has 0 spiro atoms. The zero-order chi connectivity index (χ0) is 11.2. The van der Waals surface area contributed by atoms with E-state index >= 15 is 0 Å². The van der Waals surface area contributed by atoms with Gasteiger partial charge in [0.25, 0.3) is 10.2 Å². The van der Waals surface area contributed by atoms with Gasteiger partial charge in [0.05, 0.1) is 13.2 Å². The number of ether oxygens (including phenoxy) is 1. The largest absolute Gasteiger partial charge is 0.395 e. The fraction of sp³-hybridized carbons (Fsp3) is 1.00. The molecule has 0 heterocycles. The van der Waals surface area contributed by atoms with Crippen molar-refractivity contribution in [2.24, 2.45) is 0 Å². The number of aliphatic hydroxyl groups is 1. The Balaban J connectivity index is 4.47. The molecular weight excluding hydrogens is 208 g/mol. The lowest BCUT2D eigenvalue weighted by molar-refractivity contribution is 0.166. The Bertz CT molecular complexity index is 240. The Morgan fingerprint density at radius 2 is 1.86 bits per heavy atom. The average Bonchev–Trinajstić information content (AvgIpc) is 2.11. The molecule has 0 aromatic heterocycles. The zero-order valence-electron chi connectivity index (χ0n) is 8.80. The van der Waals surface area contributed by atoms with Crippen LogP contribution in [0.15, 0.2) is 0 Å². The number of methoxy groups -OCH3 is 1. The summed E-state index contributed by atoms with van der Waals surface area (Å²) in [6.45, 7) is 0.450. The molecule has 0 aromatic carbocycles. The number of nitrogens with zero attached hydrogens (tertiary/aromatic N) is 2. The van der Waals surface area contributed by atoms with E-state index in [4.69, 9.17) is 9.84 Å². The number of aliphatic hydroxyl groups excluding tert-OH is 1. The smallest absolute Gasteiger partial charge is 0.281 e.